The minimum absolute atomic E-state index is 0.165. The SMILES string of the molecule is C=CCN(C(=O)CC(C)CN)C(C)C. The van der Waals surface area contributed by atoms with Crippen molar-refractivity contribution in [2.24, 2.45) is 11.7 Å². The van der Waals surface area contributed by atoms with Crippen LogP contribution in [0.2, 0.25) is 0 Å². The highest BCUT2D eigenvalue weighted by Gasteiger charge is 2.17. The van der Waals surface area contributed by atoms with Crippen molar-refractivity contribution >= 4 is 5.91 Å². The third kappa shape index (κ3) is 4.42. The maximum Gasteiger partial charge on any atom is 0.223 e. The van der Waals surface area contributed by atoms with E-state index < -0.39 is 0 Å². The molecular formula is C11H22N2O. The lowest BCUT2D eigenvalue weighted by molar-refractivity contribution is -0.133. The molecule has 0 aromatic rings. The number of hydrogen-bond donors (Lipinski definition) is 1. The molecule has 0 rings (SSSR count). The van der Waals surface area contributed by atoms with Gasteiger partial charge in [0.05, 0.1) is 0 Å². The third-order valence-corrected chi connectivity index (χ3v) is 2.19. The van der Waals surface area contributed by atoms with Crippen molar-refractivity contribution in [3.8, 4) is 0 Å². The molecule has 14 heavy (non-hydrogen) atoms. The summed E-state index contributed by atoms with van der Waals surface area (Å²) in [5, 5.41) is 0. The zero-order chi connectivity index (χ0) is 11.1. The van der Waals surface area contributed by atoms with E-state index in [-0.39, 0.29) is 17.9 Å². The van der Waals surface area contributed by atoms with Crippen molar-refractivity contribution in [1.29, 1.82) is 0 Å². The van der Waals surface area contributed by atoms with Gasteiger partial charge in [0.15, 0.2) is 0 Å². The van der Waals surface area contributed by atoms with E-state index in [1.165, 1.54) is 0 Å². The summed E-state index contributed by atoms with van der Waals surface area (Å²) >= 11 is 0. The van der Waals surface area contributed by atoms with Crippen molar-refractivity contribution in [3.05, 3.63) is 12.7 Å². The second kappa shape index (κ2) is 6.60. The number of carbonyl (C=O) groups is 1. The molecule has 0 aliphatic heterocycles. The molecule has 1 unspecified atom stereocenters. The standard InChI is InChI=1S/C11H22N2O/c1-5-6-13(9(2)3)11(14)7-10(4)8-12/h5,9-10H,1,6-8,12H2,2-4H3. The third-order valence-electron chi connectivity index (χ3n) is 2.19. The maximum absolute atomic E-state index is 11.8. The van der Waals surface area contributed by atoms with E-state index in [1.54, 1.807) is 6.08 Å². The summed E-state index contributed by atoms with van der Waals surface area (Å²) in [6.07, 6.45) is 2.29. The lowest BCUT2D eigenvalue weighted by Gasteiger charge is -2.26. The van der Waals surface area contributed by atoms with Crippen molar-refractivity contribution in [3.63, 3.8) is 0 Å². The summed E-state index contributed by atoms with van der Waals surface area (Å²) in [6, 6.07) is 0.227. The van der Waals surface area contributed by atoms with Crippen LogP contribution >= 0.6 is 0 Å². The summed E-state index contributed by atoms with van der Waals surface area (Å²) in [5.41, 5.74) is 5.48. The molecule has 0 fully saturated rings. The summed E-state index contributed by atoms with van der Waals surface area (Å²) in [4.78, 5) is 13.6. The summed E-state index contributed by atoms with van der Waals surface area (Å²) in [5.74, 6) is 0.423. The maximum atomic E-state index is 11.8. The van der Waals surface area contributed by atoms with Gasteiger partial charge in [-0.25, -0.2) is 0 Å². The molecule has 0 aromatic heterocycles. The highest BCUT2D eigenvalue weighted by molar-refractivity contribution is 5.76. The monoisotopic (exact) mass is 198 g/mol. The van der Waals surface area contributed by atoms with E-state index >= 15 is 0 Å². The molecule has 0 aliphatic carbocycles. The fraction of sp³-hybridized carbons (Fsp3) is 0.727. The van der Waals surface area contributed by atoms with Gasteiger partial charge in [0, 0.05) is 19.0 Å². The zero-order valence-electron chi connectivity index (χ0n) is 9.49. The van der Waals surface area contributed by atoms with Gasteiger partial charge in [0.25, 0.3) is 0 Å². The largest absolute Gasteiger partial charge is 0.337 e. The van der Waals surface area contributed by atoms with Crippen LogP contribution in [0, 0.1) is 5.92 Å². The van der Waals surface area contributed by atoms with Gasteiger partial charge in [-0.2, -0.15) is 0 Å². The molecule has 0 heterocycles. The number of nitrogens with two attached hydrogens (primary N) is 1. The fourth-order valence-electron chi connectivity index (χ4n) is 1.24. The molecule has 0 saturated carbocycles. The second-order valence-corrected chi connectivity index (χ2v) is 3.97. The van der Waals surface area contributed by atoms with E-state index in [0.717, 1.165) is 0 Å². The Labute approximate surface area is 87.0 Å². The average Bonchev–Trinajstić information content (AvgIpc) is 2.13. The van der Waals surface area contributed by atoms with Gasteiger partial charge in [0.2, 0.25) is 5.91 Å². The Kier molecular flexibility index (Phi) is 6.21. The Morgan fingerprint density at radius 1 is 1.50 bits per heavy atom. The van der Waals surface area contributed by atoms with Crippen molar-refractivity contribution < 1.29 is 4.79 Å². The molecule has 0 aliphatic rings. The van der Waals surface area contributed by atoms with E-state index in [1.807, 2.05) is 25.7 Å². The molecule has 0 aromatic carbocycles. The van der Waals surface area contributed by atoms with Crippen LogP contribution < -0.4 is 5.73 Å². The first-order valence-corrected chi connectivity index (χ1v) is 5.13. The summed E-state index contributed by atoms with van der Waals surface area (Å²) < 4.78 is 0. The Bertz CT molecular complexity index is 190. The van der Waals surface area contributed by atoms with Crippen molar-refractivity contribution in [2.75, 3.05) is 13.1 Å². The number of rotatable bonds is 6. The highest BCUT2D eigenvalue weighted by atomic mass is 16.2. The van der Waals surface area contributed by atoms with Crippen LogP contribution in [0.25, 0.3) is 0 Å². The van der Waals surface area contributed by atoms with Crippen LogP contribution in [0.5, 0.6) is 0 Å². The molecular weight excluding hydrogens is 176 g/mol. The number of carbonyl (C=O) groups excluding carboxylic acids is 1. The van der Waals surface area contributed by atoms with Gasteiger partial charge in [-0.05, 0) is 26.3 Å². The topological polar surface area (TPSA) is 46.3 Å². The Morgan fingerprint density at radius 3 is 2.43 bits per heavy atom. The van der Waals surface area contributed by atoms with Crippen LogP contribution in [0.1, 0.15) is 27.2 Å². The molecule has 3 heteroatoms. The molecule has 1 amide bonds. The Morgan fingerprint density at radius 2 is 2.07 bits per heavy atom. The molecule has 82 valence electrons. The number of hydrogen-bond acceptors (Lipinski definition) is 2. The first-order valence-electron chi connectivity index (χ1n) is 5.13. The van der Waals surface area contributed by atoms with Crippen molar-refractivity contribution in [1.82, 2.24) is 4.90 Å². The number of nitrogens with zero attached hydrogens (tertiary/aromatic N) is 1. The van der Waals surface area contributed by atoms with Gasteiger partial charge in [-0.15, -0.1) is 6.58 Å². The van der Waals surface area contributed by atoms with Gasteiger partial charge < -0.3 is 10.6 Å². The predicted octanol–water partition coefficient (Wildman–Crippen LogP) is 1.39. The van der Waals surface area contributed by atoms with Gasteiger partial charge in [-0.1, -0.05) is 13.0 Å². The normalized spacial score (nSPS) is 12.6. The Balaban J connectivity index is 4.21. The van der Waals surface area contributed by atoms with Crippen LogP contribution in [0.3, 0.4) is 0 Å². The molecule has 3 nitrogen and oxygen atoms in total. The van der Waals surface area contributed by atoms with Gasteiger partial charge >= 0.3 is 0 Å². The minimum atomic E-state index is 0.165. The van der Waals surface area contributed by atoms with Crippen molar-refractivity contribution in [2.45, 2.75) is 33.2 Å². The molecule has 0 bridgehead atoms. The van der Waals surface area contributed by atoms with Gasteiger partial charge in [-0.3, -0.25) is 4.79 Å². The zero-order valence-corrected chi connectivity index (χ0v) is 9.49. The molecule has 0 spiro atoms. The minimum Gasteiger partial charge on any atom is -0.337 e. The van der Waals surface area contributed by atoms with Crippen LogP contribution in [0.4, 0.5) is 0 Å². The van der Waals surface area contributed by atoms with Crippen LogP contribution in [-0.4, -0.2) is 29.9 Å². The average molecular weight is 198 g/mol. The first-order chi connectivity index (χ1) is 6.52. The second-order valence-electron chi connectivity index (χ2n) is 3.97. The Hall–Kier alpha value is -0.830. The lowest BCUT2D eigenvalue weighted by atomic mass is 10.1. The van der Waals surface area contributed by atoms with Gasteiger partial charge in [0.1, 0.15) is 0 Å². The van der Waals surface area contributed by atoms with Crippen LogP contribution in [-0.2, 0) is 4.79 Å². The first kappa shape index (κ1) is 13.2. The number of amides is 1. The quantitative estimate of drug-likeness (QED) is 0.656. The summed E-state index contributed by atoms with van der Waals surface area (Å²) in [7, 11) is 0. The smallest absolute Gasteiger partial charge is 0.223 e. The molecule has 1 atom stereocenters. The molecule has 0 radical (unpaired) electrons. The molecule has 0 saturated heterocycles. The fourth-order valence-corrected chi connectivity index (χ4v) is 1.24. The lowest BCUT2D eigenvalue weighted by Crippen LogP contribution is -2.38. The van der Waals surface area contributed by atoms with Crippen LogP contribution in [0.15, 0.2) is 12.7 Å². The predicted molar refractivity (Wildman–Crippen MR) is 59.9 cm³/mol. The molecule has 2 N–H and O–H groups in total. The highest BCUT2D eigenvalue weighted by Crippen LogP contribution is 2.07. The van der Waals surface area contributed by atoms with E-state index in [4.69, 9.17) is 5.73 Å². The van der Waals surface area contributed by atoms with E-state index in [9.17, 15) is 4.79 Å². The van der Waals surface area contributed by atoms with E-state index in [2.05, 4.69) is 6.58 Å². The van der Waals surface area contributed by atoms with E-state index in [0.29, 0.717) is 19.5 Å². The summed E-state index contributed by atoms with van der Waals surface area (Å²) in [6.45, 7) is 10.8.